The molecular formula is C58H112O17P2. The number of rotatable bonds is 58. The minimum Gasteiger partial charge on any atom is -0.462 e. The van der Waals surface area contributed by atoms with Gasteiger partial charge in [-0.25, -0.2) is 9.13 Å². The van der Waals surface area contributed by atoms with Crippen molar-refractivity contribution in [3.05, 3.63) is 0 Å². The second-order valence-corrected chi connectivity index (χ2v) is 24.2. The summed E-state index contributed by atoms with van der Waals surface area (Å²) >= 11 is 0. The molecule has 0 spiro atoms. The third kappa shape index (κ3) is 51.9. The summed E-state index contributed by atoms with van der Waals surface area (Å²) < 4.78 is 67.3. The van der Waals surface area contributed by atoms with Gasteiger partial charge in [-0.05, 0) is 31.6 Å². The van der Waals surface area contributed by atoms with Crippen LogP contribution in [0.2, 0.25) is 0 Å². The van der Waals surface area contributed by atoms with Crippen molar-refractivity contribution in [3.63, 3.8) is 0 Å². The van der Waals surface area contributed by atoms with Gasteiger partial charge in [0.1, 0.15) is 19.3 Å². The molecule has 0 aliphatic rings. The molecule has 0 aromatic carbocycles. The normalized spacial score (nSPS) is 14.8. The van der Waals surface area contributed by atoms with Gasteiger partial charge in [0.25, 0.3) is 0 Å². The molecule has 456 valence electrons. The molecule has 17 nitrogen and oxygen atoms in total. The van der Waals surface area contributed by atoms with Gasteiger partial charge in [0.2, 0.25) is 0 Å². The summed E-state index contributed by atoms with van der Waals surface area (Å²) in [7, 11) is -9.85. The first kappa shape index (κ1) is 75.1. The molecule has 0 aromatic rings. The minimum atomic E-state index is -4.93. The molecule has 0 fully saturated rings. The number of hydrogen-bond donors (Lipinski definition) is 3. The molecule has 6 atom stereocenters. The van der Waals surface area contributed by atoms with E-state index >= 15 is 0 Å². The fourth-order valence-electron chi connectivity index (χ4n) is 8.49. The van der Waals surface area contributed by atoms with Gasteiger partial charge in [0.05, 0.1) is 26.4 Å². The fourth-order valence-corrected chi connectivity index (χ4v) is 10.1. The number of unbranched alkanes of at least 4 members (excludes halogenated alkanes) is 29. The predicted molar refractivity (Wildman–Crippen MR) is 303 cm³/mol. The van der Waals surface area contributed by atoms with E-state index in [0.29, 0.717) is 25.7 Å². The van der Waals surface area contributed by atoms with Crippen LogP contribution in [-0.2, 0) is 65.4 Å². The van der Waals surface area contributed by atoms with Crippen LogP contribution in [0.3, 0.4) is 0 Å². The first-order valence-corrected chi connectivity index (χ1v) is 33.7. The van der Waals surface area contributed by atoms with E-state index in [2.05, 4.69) is 34.6 Å². The van der Waals surface area contributed by atoms with Crippen LogP contribution in [0.15, 0.2) is 0 Å². The second-order valence-electron chi connectivity index (χ2n) is 21.3. The Morgan fingerprint density at radius 2 is 0.623 bits per heavy atom. The summed E-state index contributed by atoms with van der Waals surface area (Å²) in [5, 5.41) is 10.4. The standard InChI is InChI=1S/C58H112O17P2/c1-6-10-13-16-17-18-19-20-21-22-23-24-25-26-27-34-39-44-58(63)75-54(48-69-56(61)42-37-33-29-28-32-35-40-51(5)9-4)50-73-77(66,67)71-46-52(59)45-70-76(64,65)72-49-53(74-57(62)43-38-31-15-12-8-3)47-68-55(60)41-36-30-14-11-7-2/h51-54,59H,6-50H2,1-5H3,(H,64,65)(H,66,67)/t51?,52-,53+,54+/m0/s1. The van der Waals surface area contributed by atoms with E-state index < -0.39 is 97.5 Å². The van der Waals surface area contributed by atoms with Gasteiger partial charge < -0.3 is 33.8 Å². The molecule has 3 N–H and O–H groups in total. The highest BCUT2D eigenvalue weighted by molar-refractivity contribution is 7.47. The molecule has 3 unspecified atom stereocenters. The number of phosphoric ester groups is 2. The van der Waals surface area contributed by atoms with Gasteiger partial charge >= 0.3 is 39.5 Å². The van der Waals surface area contributed by atoms with Gasteiger partial charge in [-0.3, -0.25) is 37.3 Å². The number of hydrogen-bond acceptors (Lipinski definition) is 15. The van der Waals surface area contributed by atoms with E-state index in [1.165, 1.54) is 96.3 Å². The maximum absolute atomic E-state index is 12.9. The zero-order chi connectivity index (χ0) is 57.1. The van der Waals surface area contributed by atoms with Gasteiger partial charge in [-0.1, -0.05) is 234 Å². The van der Waals surface area contributed by atoms with Crippen LogP contribution in [0.1, 0.15) is 285 Å². The molecular weight excluding hydrogens is 1030 g/mol. The Bertz CT molecular complexity index is 1520. The quantitative estimate of drug-likeness (QED) is 0.0222. The highest BCUT2D eigenvalue weighted by Crippen LogP contribution is 2.45. The van der Waals surface area contributed by atoms with E-state index in [4.69, 9.17) is 37.0 Å². The van der Waals surface area contributed by atoms with Crippen LogP contribution in [-0.4, -0.2) is 96.7 Å². The predicted octanol–water partition coefficient (Wildman–Crippen LogP) is 15.5. The molecule has 0 rings (SSSR count). The zero-order valence-electron chi connectivity index (χ0n) is 49.1. The van der Waals surface area contributed by atoms with E-state index in [-0.39, 0.29) is 25.7 Å². The zero-order valence-corrected chi connectivity index (χ0v) is 50.9. The molecule has 0 amide bonds. The smallest absolute Gasteiger partial charge is 0.462 e. The van der Waals surface area contributed by atoms with Crippen molar-refractivity contribution in [3.8, 4) is 0 Å². The van der Waals surface area contributed by atoms with Gasteiger partial charge in [-0.15, -0.1) is 0 Å². The molecule has 0 aliphatic heterocycles. The Labute approximate surface area is 467 Å². The molecule has 0 aliphatic carbocycles. The average Bonchev–Trinajstić information content (AvgIpc) is 3.40. The molecule has 0 heterocycles. The average molecular weight is 1140 g/mol. The van der Waals surface area contributed by atoms with E-state index in [0.717, 1.165) is 109 Å². The van der Waals surface area contributed by atoms with Crippen LogP contribution < -0.4 is 0 Å². The second kappa shape index (κ2) is 52.2. The minimum absolute atomic E-state index is 0.0986. The van der Waals surface area contributed by atoms with E-state index in [1.54, 1.807) is 0 Å². The maximum Gasteiger partial charge on any atom is 0.472 e. The van der Waals surface area contributed by atoms with Crippen LogP contribution in [0.25, 0.3) is 0 Å². The van der Waals surface area contributed by atoms with Crippen molar-refractivity contribution in [2.24, 2.45) is 5.92 Å². The summed E-state index contributed by atoms with van der Waals surface area (Å²) in [6.07, 6.45) is 34.3. The lowest BCUT2D eigenvalue weighted by Gasteiger charge is -2.21. The summed E-state index contributed by atoms with van der Waals surface area (Å²) in [5.41, 5.74) is 0. The first-order chi connectivity index (χ1) is 37.1. The lowest BCUT2D eigenvalue weighted by atomic mass is 10.00. The number of aliphatic hydroxyl groups excluding tert-OH is 1. The number of esters is 4. The Morgan fingerprint density at radius 3 is 0.922 bits per heavy atom. The van der Waals surface area contributed by atoms with Crippen LogP contribution in [0.5, 0.6) is 0 Å². The third-order valence-corrected chi connectivity index (χ3v) is 15.5. The van der Waals surface area contributed by atoms with Crippen molar-refractivity contribution >= 4 is 39.5 Å². The lowest BCUT2D eigenvalue weighted by Crippen LogP contribution is -2.30. The van der Waals surface area contributed by atoms with Crippen LogP contribution in [0, 0.1) is 5.92 Å². The largest absolute Gasteiger partial charge is 0.472 e. The summed E-state index contributed by atoms with van der Waals surface area (Å²) in [6.45, 7) is 6.93. The van der Waals surface area contributed by atoms with Crippen LogP contribution >= 0.6 is 15.6 Å². The van der Waals surface area contributed by atoms with E-state index in [1.807, 2.05) is 0 Å². The third-order valence-electron chi connectivity index (χ3n) is 13.6. The number of carbonyl (C=O) groups excluding carboxylic acids is 4. The van der Waals surface area contributed by atoms with E-state index in [9.17, 15) is 43.2 Å². The SMILES string of the molecule is CCCCCCCCCCCCCCCCCCCC(=O)O[C@H](COC(=O)CCCCCCCCC(C)CC)COP(=O)(O)OC[C@@H](O)COP(=O)(O)OC[C@@H](COC(=O)CCCCCCC)OC(=O)CCCCCCC. The van der Waals surface area contributed by atoms with Crippen molar-refractivity contribution in [2.75, 3.05) is 39.6 Å². The topological polar surface area (TPSA) is 237 Å². The highest BCUT2D eigenvalue weighted by Gasteiger charge is 2.30. The number of ether oxygens (including phenoxy) is 4. The number of aliphatic hydroxyl groups is 1. The summed E-state index contributed by atoms with van der Waals surface area (Å²) in [4.78, 5) is 71.4. The van der Waals surface area contributed by atoms with Crippen molar-refractivity contribution in [1.82, 2.24) is 0 Å². The summed E-state index contributed by atoms with van der Waals surface area (Å²) in [6, 6.07) is 0. The molecule has 0 radical (unpaired) electrons. The van der Waals surface area contributed by atoms with Gasteiger partial charge in [0, 0.05) is 25.7 Å². The Kier molecular flexibility index (Phi) is 50.8. The fraction of sp³-hybridized carbons (Fsp3) is 0.931. The monoisotopic (exact) mass is 1140 g/mol. The lowest BCUT2D eigenvalue weighted by molar-refractivity contribution is -0.161. The van der Waals surface area contributed by atoms with Gasteiger partial charge in [-0.2, -0.15) is 0 Å². The molecule has 0 saturated carbocycles. The number of phosphoric acid groups is 2. The molecule has 0 aromatic heterocycles. The highest BCUT2D eigenvalue weighted by atomic mass is 31.2. The first-order valence-electron chi connectivity index (χ1n) is 30.7. The van der Waals surface area contributed by atoms with Crippen molar-refractivity contribution in [1.29, 1.82) is 0 Å². The van der Waals surface area contributed by atoms with Crippen molar-refractivity contribution in [2.45, 2.75) is 303 Å². The summed E-state index contributed by atoms with van der Waals surface area (Å²) in [5.74, 6) is -1.43. The Hall–Kier alpha value is -1.94. The Balaban J connectivity index is 5.10. The van der Waals surface area contributed by atoms with Crippen molar-refractivity contribution < 1.29 is 80.2 Å². The molecule has 19 heteroatoms. The number of carbonyl (C=O) groups is 4. The Morgan fingerprint density at radius 1 is 0.364 bits per heavy atom. The molecule has 0 saturated heterocycles. The van der Waals surface area contributed by atoms with Gasteiger partial charge in [0.15, 0.2) is 12.2 Å². The maximum atomic E-state index is 12.9. The van der Waals surface area contributed by atoms with Crippen LogP contribution in [0.4, 0.5) is 0 Å². The molecule has 77 heavy (non-hydrogen) atoms. The molecule has 0 bridgehead atoms.